The van der Waals surface area contributed by atoms with Crippen LogP contribution in [0.4, 0.5) is 0 Å². The van der Waals surface area contributed by atoms with Gasteiger partial charge in [0.2, 0.25) is 0 Å². The Balaban J connectivity index is 1.13. The van der Waals surface area contributed by atoms with E-state index in [0.717, 1.165) is 99.9 Å². The van der Waals surface area contributed by atoms with E-state index in [0.29, 0.717) is 13.2 Å². The molecule has 10 atom stereocenters. The quantitative estimate of drug-likeness (QED) is 0.745. The summed E-state index contributed by atoms with van der Waals surface area (Å²) in [7, 11) is 1.81. The minimum Gasteiger partial charge on any atom is -0.383 e. The predicted octanol–water partition coefficient (Wildman–Crippen LogP) is 1.25. The Morgan fingerprint density at radius 1 is 0.900 bits per heavy atom. The monoisotopic (exact) mass is 418 g/mol. The summed E-state index contributed by atoms with van der Waals surface area (Å²) in [5.74, 6) is 7.66. The van der Waals surface area contributed by atoms with Crippen LogP contribution in [0.2, 0.25) is 0 Å². The fourth-order valence-corrected chi connectivity index (χ4v) is 10.0. The zero-order chi connectivity index (χ0) is 19.9. The molecule has 7 aliphatic rings. The van der Waals surface area contributed by atoms with E-state index in [4.69, 9.17) is 18.9 Å². The summed E-state index contributed by atoms with van der Waals surface area (Å²) in [5.41, 5.74) is 0.423. The Bertz CT molecular complexity index is 692. The molecule has 10 unspecified atom stereocenters. The number of hydrogen-bond donors (Lipinski definition) is 1. The average Bonchev–Trinajstić information content (AvgIpc) is 3.32. The van der Waals surface area contributed by atoms with Gasteiger partial charge in [-0.25, -0.2) is 0 Å². The van der Waals surface area contributed by atoms with E-state index < -0.39 is 0 Å². The third kappa shape index (κ3) is 2.21. The molecule has 6 heteroatoms. The highest BCUT2D eigenvalue weighted by molar-refractivity contribution is 5.43. The van der Waals surface area contributed by atoms with Crippen molar-refractivity contribution in [2.45, 2.75) is 30.5 Å². The van der Waals surface area contributed by atoms with Crippen LogP contribution in [-0.4, -0.2) is 89.0 Å². The summed E-state index contributed by atoms with van der Waals surface area (Å²) >= 11 is 0. The molecule has 0 radical (unpaired) electrons. The van der Waals surface area contributed by atoms with Crippen molar-refractivity contribution in [2.24, 2.45) is 47.3 Å². The summed E-state index contributed by atoms with van der Waals surface area (Å²) in [5, 5.41) is 3.64. The van der Waals surface area contributed by atoms with Crippen LogP contribution in [-0.2, 0) is 18.9 Å². The van der Waals surface area contributed by atoms with Gasteiger partial charge in [-0.2, -0.15) is 0 Å². The second kappa shape index (κ2) is 6.88. The van der Waals surface area contributed by atoms with E-state index in [1.807, 2.05) is 0 Å². The van der Waals surface area contributed by atoms with Gasteiger partial charge in [-0.15, -0.1) is 0 Å². The summed E-state index contributed by atoms with van der Waals surface area (Å²) in [6.07, 6.45) is 3.92. The molecule has 6 bridgehead atoms. The van der Waals surface area contributed by atoms with Crippen LogP contribution < -0.4 is 5.32 Å². The van der Waals surface area contributed by atoms with Crippen molar-refractivity contribution < 1.29 is 18.9 Å². The first kappa shape index (κ1) is 19.2. The van der Waals surface area contributed by atoms with Gasteiger partial charge in [0.05, 0.1) is 44.2 Å². The number of nitrogens with zero attached hydrogens (tertiary/aromatic N) is 1. The van der Waals surface area contributed by atoms with Crippen LogP contribution >= 0.6 is 0 Å². The lowest BCUT2D eigenvalue weighted by Gasteiger charge is -2.60. The van der Waals surface area contributed by atoms with E-state index in [9.17, 15) is 0 Å². The smallest absolute Gasteiger partial charge is 0.0770 e. The van der Waals surface area contributed by atoms with Gasteiger partial charge >= 0.3 is 0 Å². The van der Waals surface area contributed by atoms with Crippen LogP contribution in [0.1, 0.15) is 19.3 Å². The maximum atomic E-state index is 7.36. The van der Waals surface area contributed by atoms with Crippen molar-refractivity contribution >= 4 is 0 Å². The van der Waals surface area contributed by atoms with Gasteiger partial charge < -0.3 is 24.3 Å². The zero-order valence-electron chi connectivity index (χ0n) is 18.4. The van der Waals surface area contributed by atoms with Gasteiger partial charge in [0.1, 0.15) is 0 Å². The summed E-state index contributed by atoms with van der Waals surface area (Å²) < 4.78 is 24.4. The maximum Gasteiger partial charge on any atom is 0.0770 e. The summed E-state index contributed by atoms with van der Waals surface area (Å²) in [4.78, 5) is 2.55. The number of nitrogens with one attached hydrogen (secondary N) is 1. The Labute approximate surface area is 180 Å². The second-order valence-electron chi connectivity index (χ2n) is 11.1. The van der Waals surface area contributed by atoms with Gasteiger partial charge in [-0.1, -0.05) is 0 Å². The van der Waals surface area contributed by atoms with Crippen LogP contribution in [0.15, 0.2) is 0 Å². The SMILES string of the molecule is COCCN1CCOCCOCCNCCC23OC4(CC1)C1CC5C1C1C4C2C5C13. The fraction of sp³-hybridized carbons (Fsp3) is 1.00. The summed E-state index contributed by atoms with van der Waals surface area (Å²) in [6.45, 7) is 8.82. The highest BCUT2D eigenvalue weighted by Gasteiger charge is 2.96. The van der Waals surface area contributed by atoms with Crippen molar-refractivity contribution in [1.82, 2.24) is 10.2 Å². The van der Waals surface area contributed by atoms with Crippen LogP contribution in [0.3, 0.4) is 0 Å². The molecule has 5 aliphatic carbocycles. The van der Waals surface area contributed by atoms with E-state index >= 15 is 0 Å². The molecule has 0 aromatic heterocycles. The van der Waals surface area contributed by atoms with Gasteiger partial charge in [-0.05, 0) is 73.2 Å². The molecule has 2 heterocycles. The molecule has 2 aliphatic heterocycles. The first-order valence-electron chi connectivity index (χ1n) is 12.6. The Kier molecular flexibility index (Phi) is 4.41. The molecule has 7 fully saturated rings. The molecular formula is C24H38N2O4. The Hall–Kier alpha value is -0.240. The standard InChI is InChI=1S/C24H38N2O4/c1-27-10-7-26-6-3-23-16-14-15-17(16)19-20-18(15)21(22(19)23)24(20,30-23)2-4-25-5-9-28-12-13-29-11-8-26/h15-22,25H,2-14H2,1H3. The highest BCUT2D eigenvalue weighted by Crippen LogP contribution is 2.94. The van der Waals surface area contributed by atoms with Crippen molar-refractivity contribution in [1.29, 1.82) is 0 Å². The third-order valence-corrected chi connectivity index (χ3v) is 10.6. The fourth-order valence-electron chi connectivity index (χ4n) is 10.0. The van der Waals surface area contributed by atoms with E-state index in [-0.39, 0.29) is 11.2 Å². The average molecular weight is 419 g/mol. The first-order chi connectivity index (χ1) is 14.8. The molecule has 0 amide bonds. The van der Waals surface area contributed by atoms with Gasteiger partial charge in [-0.3, -0.25) is 4.90 Å². The minimum atomic E-state index is 0.196. The molecule has 168 valence electrons. The van der Waals surface area contributed by atoms with Crippen molar-refractivity contribution in [2.75, 3.05) is 72.9 Å². The largest absolute Gasteiger partial charge is 0.383 e. The van der Waals surface area contributed by atoms with Crippen LogP contribution in [0.25, 0.3) is 0 Å². The molecular weight excluding hydrogens is 380 g/mol. The van der Waals surface area contributed by atoms with Crippen molar-refractivity contribution in [3.8, 4) is 0 Å². The number of rotatable bonds is 3. The first-order valence-corrected chi connectivity index (χ1v) is 12.6. The predicted molar refractivity (Wildman–Crippen MR) is 111 cm³/mol. The Morgan fingerprint density at radius 2 is 1.77 bits per heavy atom. The highest BCUT2D eigenvalue weighted by atomic mass is 16.5. The molecule has 2 spiro atoms. The topological polar surface area (TPSA) is 52.2 Å². The van der Waals surface area contributed by atoms with E-state index in [1.165, 1.54) is 19.3 Å². The number of hydrogen-bond acceptors (Lipinski definition) is 6. The van der Waals surface area contributed by atoms with Crippen LogP contribution in [0, 0.1) is 47.3 Å². The maximum absolute atomic E-state index is 7.36. The minimum absolute atomic E-state index is 0.196. The van der Waals surface area contributed by atoms with Crippen molar-refractivity contribution in [3.63, 3.8) is 0 Å². The zero-order valence-corrected chi connectivity index (χ0v) is 18.4. The van der Waals surface area contributed by atoms with E-state index in [1.54, 1.807) is 7.11 Å². The molecule has 0 aromatic rings. The lowest BCUT2D eigenvalue weighted by Crippen LogP contribution is -2.63. The second-order valence-corrected chi connectivity index (χ2v) is 11.1. The third-order valence-electron chi connectivity index (χ3n) is 10.6. The number of ether oxygens (including phenoxy) is 4. The normalized spacial score (nSPS) is 56.7. The molecule has 0 aromatic carbocycles. The molecule has 7 rings (SSSR count). The Morgan fingerprint density at radius 3 is 2.67 bits per heavy atom. The lowest BCUT2D eigenvalue weighted by atomic mass is 9.52. The van der Waals surface area contributed by atoms with Crippen LogP contribution in [0.5, 0.6) is 0 Å². The van der Waals surface area contributed by atoms with Gasteiger partial charge in [0.15, 0.2) is 0 Å². The lowest BCUT2D eigenvalue weighted by molar-refractivity contribution is -0.261. The number of methoxy groups -OCH3 is 1. The van der Waals surface area contributed by atoms with Crippen molar-refractivity contribution in [3.05, 3.63) is 0 Å². The van der Waals surface area contributed by atoms with Gasteiger partial charge in [0, 0.05) is 33.3 Å². The molecule has 30 heavy (non-hydrogen) atoms. The molecule has 6 nitrogen and oxygen atoms in total. The molecule has 2 saturated heterocycles. The summed E-state index contributed by atoms with van der Waals surface area (Å²) in [6, 6.07) is 0. The van der Waals surface area contributed by atoms with Gasteiger partial charge in [0.25, 0.3) is 0 Å². The van der Waals surface area contributed by atoms with E-state index in [2.05, 4.69) is 10.2 Å². The molecule has 5 saturated carbocycles. The molecule has 1 N–H and O–H groups in total.